The van der Waals surface area contributed by atoms with E-state index in [1.807, 2.05) is 0 Å². The molecular weight excluding hydrogens is 225 g/mol. The Hall–Kier alpha value is -1.62. The monoisotopic (exact) mass is 241 g/mol. The van der Waals surface area contributed by atoms with Gasteiger partial charge < -0.3 is 14.8 Å². The molecule has 0 bridgehead atoms. The lowest BCUT2D eigenvalue weighted by Gasteiger charge is -2.28. The van der Waals surface area contributed by atoms with Crippen molar-refractivity contribution in [3.05, 3.63) is 30.1 Å². The van der Waals surface area contributed by atoms with E-state index in [1.165, 1.54) is 26.4 Å². The van der Waals surface area contributed by atoms with Crippen LogP contribution in [0.5, 0.6) is 0 Å². The molecule has 0 aliphatic rings. The summed E-state index contributed by atoms with van der Waals surface area (Å²) in [4.78, 5) is 11.7. The first-order valence-corrected chi connectivity index (χ1v) is 5.13. The van der Waals surface area contributed by atoms with Gasteiger partial charge in [-0.1, -0.05) is 6.07 Å². The molecule has 94 valence electrons. The van der Waals surface area contributed by atoms with E-state index in [-0.39, 0.29) is 12.4 Å². The first kappa shape index (κ1) is 13.4. The zero-order valence-corrected chi connectivity index (χ0v) is 10.1. The Bertz CT molecular complexity index is 397. The van der Waals surface area contributed by atoms with Crippen LogP contribution in [0.1, 0.15) is 6.92 Å². The van der Waals surface area contributed by atoms with Gasteiger partial charge in [-0.05, 0) is 25.1 Å². The fraction of sp³-hybridized carbons (Fsp3) is 0.417. The fourth-order valence-electron chi connectivity index (χ4n) is 1.54. The van der Waals surface area contributed by atoms with Gasteiger partial charge in [0.2, 0.25) is 0 Å². The number of methoxy groups -OCH3 is 2. The minimum Gasteiger partial charge on any atom is -0.467 e. The van der Waals surface area contributed by atoms with E-state index in [9.17, 15) is 9.18 Å². The number of anilines is 1. The minimum atomic E-state index is -1.04. The van der Waals surface area contributed by atoms with Gasteiger partial charge in [0.1, 0.15) is 5.82 Å². The number of ether oxygens (including phenoxy) is 2. The molecule has 17 heavy (non-hydrogen) atoms. The summed E-state index contributed by atoms with van der Waals surface area (Å²) in [7, 11) is 2.78. The molecule has 1 rings (SSSR count). The van der Waals surface area contributed by atoms with Crippen LogP contribution in [0.15, 0.2) is 24.3 Å². The van der Waals surface area contributed by atoms with Crippen LogP contribution in [-0.4, -0.2) is 32.3 Å². The molecule has 0 fully saturated rings. The highest BCUT2D eigenvalue weighted by Crippen LogP contribution is 2.18. The summed E-state index contributed by atoms with van der Waals surface area (Å²) in [5.41, 5.74) is -0.549. The Labute approximate surface area is 99.7 Å². The van der Waals surface area contributed by atoms with E-state index >= 15 is 0 Å². The zero-order valence-electron chi connectivity index (χ0n) is 10.1. The molecule has 1 aromatic carbocycles. The van der Waals surface area contributed by atoms with Gasteiger partial charge in [0.05, 0.1) is 13.7 Å². The minimum absolute atomic E-state index is 0.121. The van der Waals surface area contributed by atoms with Crippen LogP contribution >= 0.6 is 0 Å². The van der Waals surface area contributed by atoms with Crippen molar-refractivity contribution in [2.24, 2.45) is 0 Å². The third-order valence-electron chi connectivity index (χ3n) is 2.31. The second-order valence-electron chi connectivity index (χ2n) is 3.89. The van der Waals surface area contributed by atoms with Gasteiger partial charge in [0.15, 0.2) is 5.54 Å². The van der Waals surface area contributed by atoms with Crippen LogP contribution in [0.25, 0.3) is 0 Å². The summed E-state index contributed by atoms with van der Waals surface area (Å²) in [6.07, 6.45) is 0. The largest absolute Gasteiger partial charge is 0.467 e. The predicted octanol–water partition coefficient (Wildman–Crippen LogP) is 1.82. The van der Waals surface area contributed by atoms with Crippen molar-refractivity contribution >= 4 is 11.7 Å². The summed E-state index contributed by atoms with van der Waals surface area (Å²) in [5, 5.41) is 2.91. The van der Waals surface area contributed by atoms with Crippen molar-refractivity contribution < 1.29 is 18.7 Å². The standard InChI is InChI=1S/C12H16FNO3/c1-12(8-16-2,11(15)17-3)14-10-6-4-5-9(13)7-10/h4-7,14H,8H2,1-3H3. The van der Waals surface area contributed by atoms with Crippen molar-refractivity contribution in [2.75, 3.05) is 26.1 Å². The SMILES string of the molecule is COCC(C)(Nc1cccc(F)c1)C(=O)OC. The lowest BCUT2D eigenvalue weighted by molar-refractivity contribution is -0.147. The lowest BCUT2D eigenvalue weighted by atomic mass is 10.0. The Morgan fingerprint density at radius 2 is 2.18 bits per heavy atom. The number of hydrogen-bond acceptors (Lipinski definition) is 4. The van der Waals surface area contributed by atoms with Gasteiger partial charge >= 0.3 is 5.97 Å². The maximum atomic E-state index is 13.0. The Morgan fingerprint density at radius 3 is 2.71 bits per heavy atom. The van der Waals surface area contributed by atoms with E-state index < -0.39 is 11.5 Å². The first-order valence-electron chi connectivity index (χ1n) is 5.13. The van der Waals surface area contributed by atoms with Crippen LogP contribution in [0.4, 0.5) is 10.1 Å². The molecular formula is C12H16FNO3. The molecule has 1 aromatic rings. The molecule has 0 heterocycles. The average molecular weight is 241 g/mol. The van der Waals surface area contributed by atoms with Gasteiger partial charge in [-0.25, -0.2) is 9.18 Å². The Morgan fingerprint density at radius 1 is 1.47 bits per heavy atom. The third kappa shape index (κ3) is 3.42. The third-order valence-corrected chi connectivity index (χ3v) is 2.31. The number of esters is 1. The Balaban J connectivity index is 2.90. The van der Waals surface area contributed by atoms with Crippen molar-refractivity contribution in [1.29, 1.82) is 0 Å². The van der Waals surface area contributed by atoms with Gasteiger partial charge in [-0.2, -0.15) is 0 Å². The lowest BCUT2D eigenvalue weighted by Crippen LogP contribution is -2.48. The molecule has 1 N–H and O–H groups in total. The smallest absolute Gasteiger partial charge is 0.333 e. The molecule has 1 atom stereocenters. The van der Waals surface area contributed by atoms with Crippen LogP contribution in [-0.2, 0) is 14.3 Å². The molecule has 0 aliphatic carbocycles. The average Bonchev–Trinajstić information content (AvgIpc) is 2.28. The summed E-state index contributed by atoms with van der Waals surface area (Å²) in [6, 6.07) is 5.86. The summed E-state index contributed by atoms with van der Waals surface area (Å²) in [6.45, 7) is 1.75. The molecule has 0 amide bonds. The summed E-state index contributed by atoms with van der Waals surface area (Å²) >= 11 is 0. The second-order valence-corrected chi connectivity index (χ2v) is 3.89. The predicted molar refractivity (Wildman–Crippen MR) is 62.3 cm³/mol. The van der Waals surface area contributed by atoms with Crippen LogP contribution in [0.3, 0.4) is 0 Å². The molecule has 0 aliphatic heterocycles. The highest BCUT2D eigenvalue weighted by atomic mass is 19.1. The number of nitrogens with one attached hydrogen (secondary N) is 1. The number of benzene rings is 1. The topological polar surface area (TPSA) is 47.6 Å². The number of rotatable bonds is 5. The Kier molecular flexibility index (Phi) is 4.45. The number of carbonyl (C=O) groups is 1. The first-order chi connectivity index (χ1) is 8.01. The van der Waals surface area contributed by atoms with Gasteiger partial charge in [-0.15, -0.1) is 0 Å². The van der Waals surface area contributed by atoms with E-state index in [4.69, 9.17) is 9.47 Å². The maximum Gasteiger partial charge on any atom is 0.333 e. The molecule has 0 spiro atoms. The molecule has 0 saturated heterocycles. The van der Waals surface area contributed by atoms with E-state index in [0.29, 0.717) is 5.69 Å². The second kappa shape index (κ2) is 5.63. The van der Waals surface area contributed by atoms with Crippen molar-refractivity contribution in [1.82, 2.24) is 0 Å². The van der Waals surface area contributed by atoms with Gasteiger partial charge in [0, 0.05) is 12.8 Å². The fourth-order valence-corrected chi connectivity index (χ4v) is 1.54. The van der Waals surface area contributed by atoms with Gasteiger partial charge in [-0.3, -0.25) is 0 Å². The maximum absolute atomic E-state index is 13.0. The molecule has 5 heteroatoms. The van der Waals surface area contributed by atoms with Crippen LogP contribution < -0.4 is 5.32 Å². The van der Waals surface area contributed by atoms with Crippen molar-refractivity contribution in [3.8, 4) is 0 Å². The van der Waals surface area contributed by atoms with Crippen LogP contribution in [0.2, 0.25) is 0 Å². The normalized spacial score (nSPS) is 13.9. The zero-order chi connectivity index (χ0) is 12.9. The number of halogens is 1. The van der Waals surface area contributed by atoms with Crippen LogP contribution in [0, 0.1) is 5.82 Å². The summed E-state index contributed by atoms with van der Waals surface area (Å²) < 4.78 is 22.7. The molecule has 4 nitrogen and oxygen atoms in total. The van der Waals surface area contributed by atoms with Crippen molar-refractivity contribution in [3.63, 3.8) is 0 Å². The highest BCUT2D eigenvalue weighted by molar-refractivity contribution is 5.84. The van der Waals surface area contributed by atoms with Crippen molar-refractivity contribution in [2.45, 2.75) is 12.5 Å². The van der Waals surface area contributed by atoms with E-state index in [1.54, 1.807) is 19.1 Å². The number of carbonyl (C=O) groups excluding carboxylic acids is 1. The quantitative estimate of drug-likeness (QED) is 0.799. The molecule has 0 saturated carbocycles. The highest BCUT2D eigenvalue weighted by Gasteiger charge is 2.34. The molecule has 1 unspecified atom stereocenters. The van der Waals surface area contributed by atoms with E-state index in [0.717, 1.165) is 0 Å². The molecule has 0 radical (unpaired) electrons. The van der Waals surface area contributed by atoms with E-state index in [2.05, 4.69) is 5.32 Å². The molecule has 0 aromatic heterocycles. The van der Waals surface area contributed by atoms with Gasteiger partial charge in [0.25, 0.3) is 0 Å². The summed E-state index contributed by atoms with van der Waals surface area (Å²) in [5.74, 6) is -0.844. The number of hydrogen-bond donors (Lipinski definition) is 1.